The van der Waals surface area contributed by atoms with Crippen LogP contribution in [0.3, 0.4) is 0 Å². The van der Waals surface area contributed by atoms with Crippen molar-refractivity contribution in [1.82, 2.24) is 14.9 Å². The fourth-order valence-corrected chi connectivity index (χ4v) is 3.62. The number of sulfonamides is 1. The highest BCUT2D eigenvalue weighted by Crippen LogP contribution is 2.15. The number of hydrogen-bond acceptors (Lipinski definition) is 4. The van der Waals surface area contributed by atoms with E-state index in [1.807, 2.05) is 37.3 Å². The summed E-state index contributed by atoms with van der Waals surface area (Å²) in [5, 5.41) is 16.2. The Morgan fingerprint density at radius 2 is 1.72 bits per heavy atom. The van der Waals surface area contributed by atoms with Crippen molar-refractivity contribution in [3.8, 4) is 0 Å². The lowest BCUT2D eigenvalue weighted by Crippen LogP contribution is -2.39. The predicted octanol–water partition coefficient (Wildman–Crippen LogP) is 1.77. The first kappa shape index (κ1) is 22.9. The van der Waals surface area contributed by atoms with Crippen molar-refractivity contribution in [2.75, 3.05) is 33.8 Å². The molecule has 0 radical (unpaired) electrons. The maximum atomic E-state index is 12.1. The van der Waals surface area contributed by atoms with Gasteiger partial charge in [-0.05, 0) is 30.2 Å². The molecule has 0 aromatic heterocycles. The lowest BCUT2D eigenvalue weighted by atomic mass is 10.0. The minimum absolute atomic E-state index is 0.0319. The Kier molecular flexibility index (Phi) is 8.63. The summed E-state index contributed by atoms with van der Waals surface area (Å²) in [7, 11) is -0.410. The van der Waals surface area contributed by atoms with E-state index in [2.05, 4.69) is 15.6 Å². The van der Waals surface area contributed by atoms with Crippen molar-refractivity contribution in [2.45, 2.75) is 24.3 Å². The lowest BCUT2D eigenvalue weighted by molar-refractivity contribution is 0.265. The molecule has 0 saturated carbocycles. The van der Waals surface area contributed by atoms with E-state index in [4.69, 9.17) is 0 Å². The fourth-order valence-electron chi connectivity index (χ4n) is 2.72. The smallest absolute Gasteiger partial charge is 0.242 e. The van der Waals surface area contributed by atoms with Crippen LogP contribution in [0.1, 0.15) is 24.0 Å². The molecule has 0 amide bonds. The number of nitrogens with zero attached hydrogens (tertiary/aromatic N) is 2. The van der Waals surface area contributed by atoms with E-state index in [1.165, 1.54) is 18.4 Å². The predicted molar refractivity (Wildman–Crippen MR) is 116 cm³/mol. The van der Waals surface area contributed by atoms with Gasteiger partial charge in [0.05, 0.1) is 18.0 Å². The molecule has 1 unspecified atom stereocenters. The van der Waals surface area contributed by atoms with E-state index >= 15 is 0 Å². The summed E-state index contributed by atoms with van der Waals surface area (Å²) in [6, 6.07) is 16.6. The van der Waals surface area contributed by atoms with E-state index in [1.54, 1.807) is 24.3 Å². The molecule has 7 nitrogen and oxygen atoms in total. The fraction of sp³-hybridized carbons (Fsp3) is 0.381. The summed E-state index contributed by atoms with van der Waals surface area (Å²) < 4.78 is 25.5. The summed E-state index contributed by atoms with van der Waals surface area (Å²) in [5.41, 5.74) is 1.97. The number of benzene rings is 2. The van der Waals surface area contributed by atoms with Crippen molar-refractivity contribution in [2.24, 2.45) is 4.99 Å². The van der Waals surface area contributed by atoms with Crippen LogP contribution in [0.2, 0.25) is 0 Å². The summed E-state index contributed by atoms with van der Waals surface area (Å²) in [5.74, 6) is 0.613. The normalized spacial score (nSPS) is 13.3. The molecular weight excluding hydrogens is 388 g/mol. The van der Waals surface area contributed by atoms with E-state index in [0.717, 1.165) is 11.1 Å². The second-order valence-electron chi connectivity index (χ2n) is 6.80. The van der Waals surface area contributed by atoms with Crippen LogP contribution in [0.25, 0.3) is 0 Å². The Labute approximate surface area is 173 Å². The zero-order valence-corrected chi connectivity index (χ0v) is 18.0. The monoisotopic (exact) mass is 418 g/mol. The van der Waals surface area contributed by atoms with Crippen molar-refractivity contribution < 1.29 is 13.5 Å². The Morgan fingerprint density at radius 3 is 2.28 bits per heavy atom. The largest absolute Gasteiger partial charge is 0.396 e. The molecule has 158 valence electrons. The quantitative estimate of drug-likeness (QED) is 0.426. The van der Waals surface area contributed by atoms with Crippen LogP contribution in [-0.2, 0) is 16.6 Å². The van der Waals surface area contributed by atoms with E-state index < -0.39 is 10.0 Å². The molecule has 0 aliphatic rings. The van der Waals surface area contributed by atoms with E-state index in [9.17, 15) is 13.5 Å². The molecule has 2 aromatic carbocycles. The first-order chi connectivity index (χ1) is 13.9. The van der Waals surface area contributed by atoms with Crippen molar-refractivity contribution in [1.29, 1.82) is 0 Å². The maximum Gasteiger partial charge on any atom is 0.242 e. The SMILES string of the molecule is CCNC(=NCc1ccc(S(=O)(=O)N(C)C)cc1)NCC(CO)c1ccccc1. The third-order valence-electron chi connectivity index (χ3n) is 4.47. The number of aliphatic hydroxyl groups excluding tert-OH is 1. The van der Waals surface area contributed by atoms with Crippen molar-refractivity contribution >= 4 is 16.0 Å². The first-order valence-electron chi connectivity index (χ1n) is 9.58. The highest BCUT2D eigenvalue weighted by atomic mass is 32.2. The van der Waals surface area contributed by atoms with Gasteiger partial charge in [-0.25, -0.2) is 17.7 Å². The maximum absolute atomic E-state index is 12.1. The van der Waals surface area contributed by atoms with Gasteiger partial charge in [-0.15, -0.1) is 0 Å². The molecule has 8 heteroatoms. The first-order valence-corrected chi connectivity index (χ1v) is 11.0. The number of guanidine groups is 1. The van der Waals surface area contributed by atoms with Gasteiger partial charge in [-0.1, -0.05) is 42.5 Å². The highest BCUT2D eigenvalue weighted by molar-refractivity contribution is 7.89. The number of aliphatic imine (C=N–C) groups is 1. The molecular formula is C21H30N4O3S. The number of nitrogens with one attached hydrogen (secondary N) is 2. The summed E-state index contributed by atoms with van der Waals surface area (Å²) in [6.45, 7) is 3.69. The molecule has 2 rings (SSSR count). The molecule has 2 aromatic rings. The third kappa shape index (κ3) is 6.56. The average molecular weight is 419 g/mol. The van der Waals surface area contributed by atoms with Crippen LogP contribution in [0.4, 0.5) is 0 Å². The van der Waals surface area contributed by atoms with Gasteiger partial charge in [-0.2, -0.15) is 0 Å². The van der Waals surface area contributed by atoms with Gasteiger partial charge in [0.2, 0.25) is 10.0 Å². The zero-order chi connectivity index (χ0) is 21.3. The van der Waals surface area contributed by atoms with Gasteiger partial charge < -0.3 is 15.7 Å². The minimum atomic E-state index is -3.43. The molecule has 0 aliphatic carbocycles. The molecule has 1 atom stereocenters. The average Bonchev–Trinajstić information content (AvgIpc) is 2.73. The minimum Gasteiger partial charge on any atom is -0.396 e. The second kappa shape index (κ2) is 10.9. The summed E-state index contributed by atoms with van der Waals surface area (Å²) >= 11 is 0. The Hall–Kier alpha value is -2.42. The van der Waals surface area contributed by atoms with Crippen LogP contribution in [-0.4, -0.2) is 57.6 Å². The topological polar surface area (TPSA) is 94.0 Å². The summed E-state index contributed by atoms with van der Waals surface area (Å²) in [4.78, 5) is 4.82. The molecule has 0 heterocycles. The van der Waals surface area contributed by atoms with Crippen LogP contribution < -0.4 is 10.6 Å². The zero-order valence-electron chi connectivity index (χ0n) is 17.2. The Bertz CT molecular complexity index is 882. The Balaban J connectivity index is 2.03. The van der Waals surface area contributed by atoms with Crippen LogP contribution in [0.5, 0.6) is 0 Å². The molecule has 29 heavy (non-hydrogen) atoms. The molecule has 0 bridgehead atoms. The van der Waals surface area contributed by atoms with Crippen molar-refractivity contribution in [3.63, 3.8) is 0 Å². The van der Waals surface area contributed by atoms with E-state index in [-0.39, 0.29) is 17.4 Å². The van der Waals surface area contributed by atoms with E-state index in [0.29, 0.717) is 25.6 Å². The van der Waals surface area contributed by atoms with Crippen LogP contribution in [0.15, 0.2) is 64.5 Å². The van der Waals surface area contributed by atoms with Crippen molar-refractivity contribution in [3.05, 3.63) is 65.7 Å². The summed E-state index contributed by atoms with van der Waals surface area (Å²) in [6.07, 6.45) is 0. The van der Waals surface area contributed by atoms with Crippen LogP contribution >= 0.6 is 0 Å². The third-order valence-corrected chi connectivity index (χ3v) is 6.30. The molecule has 0 aliphatic heterocycles. The lowest BCUT2D eigenvalue weighted by Gasteiger charge is -2.18. The van der Waals surface area contributed by atoms with Gasteiger partial charge in [0, 0.05) is 33.1 Å². The molecule has 0 fully saturated rings. The number of hydrogen-bond donors (Lipinski definition) is 3. The molecule has 3 N–H and O–H groups in total. The number of aliphatic hydroxyl groups is 1. The molecule has 0 saturated heterocycles. The van der Waals surface area contributed by atoms with Gasteiger partial charge >= 0.3 is 0 Å². The Morgan fingerprint density at radius 1 is 1.07 bits per heavy atom. The highest BCUT2D eigenvalue weighted by Gasteiger charge is 2.16. The van der Waals surface area contributed by atoms with Gasteiger partial charge in [0.25, 0.3) is 0 Å². The van der Waals surface area contributed by atoms with Gasteiger partial charge in [-0.3, -0.25) is 0 Å². The van der Waals surface area contributed by atoms with Crippen LogP contribution in [0, 0.1) is 0 Å². The van der Waals surface area contributed by atoms with Gasteiger partial charge in [0.1, 0.15) is 0 Å². The van der Waals surface area contributed by atoms with Gasteiger partial charge in [0.15, 0.2) is 5.96 Å². The standard InChI is InChI=1S/C21H30N4O3S/c1-4-22-21(24-15-19(16-26)18-8-6-5-7-9-18)23-14-17-10-12-20(13-11-17)29(27,28)25(2)3/h5-13,19,26H,4,14-16H2,1-3H3,(H2,22,23,24). The molecule has 0 spiro atoms. The number of rotatable bonds is 9. The second-order valence-corrected chi connectivity index (χ2v) is 8.95.